The molecule has 0 saturated carbocycles. The van der Waals surface area contributed by atoms with Gasteiger partial charge in [-0.25, -0.2) is 4.79 Å². The number of aryl methyl sites for hydroxylation is 1. The number of primary amides is 1. The SMILES string of the molecule is CCC(C(=O)NC(CCC(N)=O)C(=O)O)n1cc(C)ccc1=O. The second-order valence-corrected chi connectivity index (χ2v) is 5.28. The molecular formula is C15H21N3O5. The highest BCUT2D eigenvalue weighted by atomic mass is 16.4. The minimum Gasteiger partial charge on any atom is -0.480 e. The van der Waals surface area contributed by atoms with Crippen LogP contribution >= 0.6 is 0 Å². The summed E-state index contributed by atoms with van der Waals surface area (Å²) in [7, 11) is 0. The van der Waals surface area contributed by atoms with Gasteiger partial charge in [0.25, 0.3) is 5.56 Å². The number of nitrogens with two attached hydrogens (primary N) is 1. The fraction of sp³-hybridized carbons (Fsp3) is 0.467. The van der Waals surface area contributed by atoms with Crippen molar-refractivity contribution in [2.75, 3.05) is 0 Å². The molecule has 0 bridgehead atoms. The van der Waals surface area contributed by atoms with Crippen LogP contribution in [0, 0.1) is 6.92 Å². The van der Waals surface area contributed by atoms with Crippen LogP contribution in [0.2, 0.25) is 0 Å². The van der Waals surface area contributed by atoms with Crippen molar-refractivity contribution in [1.82, 2.24) is 9.88 Å². The Hall–Kier alpha value is -2.64. The molecule has 0 saturated heterocycles. The maximum absolute atomic E-state index is 12.3. The zero-order chi connectivity index (χ0) is 17.6. The molecule has 0 aliphatic rings. The highest BCUT2D eigenvalue weighted by Crippen LogP contribution is 2.11. The van der Waals surface area contributed by atoms with Crippen molar-refractivity contribution in [3.05, 3.63) is 34.2 Å². The molecule has 0 spiro atoms. The van der Waals surface area contributed by atoms with Gasteiger partial charge >= 0.3 is 5.97 Å². The van der Waals surface area contributed by atoms with Gasteiger partial charge in [-0.15, -0.1) is 0 Å². The van der Waals surface area contributed by atoms with E-state index in [-0.39, 0.29) is 18.4 Å². The van der Waals surface area contributed by atoms with E-state index in [1.165, 1.54) is 10.6 Å². The Morgan fingerprint density at radius 3 is 2.52 bits per heavy atom. The lowest BCUT2D eigenvalue weighted by Crippen LogP contribution is -2.45. The van der Waals surface area contributed by atoms with Crippen LogP contribution in [0.5, 0.6) is 0 Å². The van der Waals surface area contributed by atoms with Crippen molar-refractivity contribution in [2.45, 2.75) is 45.2 Å². The summed E-state index contributed by atoms with van der Waals surface area (Å²) in [5.41, 5.74) is 5.45. The number of nitrogens with zero attached hydrogens (tertiary/aromatic N) is 1. The summed E-state index contributed by atoms with van der Waals surface area (Å²) in [5.74, 6) is -2.49. The van der Waals surface area contributed by atoms with Crippen LogP contribution in [0.1, 0.15) is 37.8 Å². The Balaban J connectivity index is 2.94. The van der Waals surface area contributed by atoms with Gasteiger partial charge in [-0.1, -0.05) is 13.0 Å². The van der Waals surface area contributed by atoms with Crippen molar-refractivity contribution in [2.24, 2.45) is 5.73 Å². The molecule has 8 nitrogen and oxygen atoms in total. The van der Waals surface area contributed by atoms with E-state index in [1.54, 1.807) is 26.1 Å². The standard InChI is InChI=1S/C15H21N3O5/c1-3-11(18-8-9(2)4-7-13(18)20)14(21)17-10(15(22)23)5-6-12(16)19/h4,7-8,10-11H,3,5-6H2,1-2H3,(H2,16,19)(H,17,21)(H,22,23). The molecule has 0 aliphatic carbocycles. The van der Waals surface area contributed by atoms with E-state index in [0.29, 0.717) is 6.42 Å². The lowest BCUT2D eigenvalue weighted by Gasteiger charge is -2.21. The zero-order valence-electron chi connectivity index (χ0n) is 13.1. The molecule has 0 fully saturated rings. The van der Waals surface area contributed by atoms with Crippen LogP contribution in [-0.4, -0.2) is 33.5 Å². The molecular weight excluding hydrogens is 302 g/mol. The minimum atomic E-state index is -1.26. The smallest absolute Gasteiger partial charge is 0.326 e. The van der Waals surface area contributed by atoms with Crippen molar-refractivity contribution in [1.29, 1.82) is 0 Å². The normalized spacial score (nSPS) is 13.1. The topological polar surface area (TPSA) is 131 Å². The van der Waals surface area contributed by atoms with Crippen LogP contribution in [0.15, 0.2) is 23.1 Å². The first kappa shape index (κ1) is 18.4. The third kappa shape index (κ3) is 5.24. The molecule has 1 aromatic rings. The molecule has 1 heterocycles. The summed E-state index contributed by atoms with van der Waals surface area (Å²) < 4.78 is 1.28. The van der Waals surface area contributed by atoms with Crippen LogP contribution < -0.4 is 16.6 Å². The summed E-state index contributed by atoms with van der Waals surface area (Å²) in [6.45, 7) is 3.51. The summed E-state index contributed by atoms with van der Waals surface area (Å²) >= 11 is 0. The number of hydrogen-bond donors (Lipinski definition) is 3. The van der Waals surface area contributed by atoms with Gasteiger partial charge < -0.3 is 20.7 Å². The number of pyridine rings is 1. The molecule has 2 amide bonds. The van der Waals surface area contributed by atoms with Crippen molar-refractivity contribution in [3.63, 3.8) is 0 Å². The lowest BCUT2D eigenvalue weighted by atomic mass is 10.1. The number of aliphatic carboxylic acids is 1. The molecule has 0 radical (unpaired) electrons. The van der Waals surface area contributed by atoms with Crippen molar-refractivity contribution >= 4 is 17.8 Å². The van der Waals surface area contributed by atoms with Gasteiger partial charge in [0.1, 0.15) is 12.1 Å². The number of carboxylic acids is 1. The first-order chi connectivity index (χ1) is 10.8. The van der Waals surface area contributed by atoms with Crippen LogP contribution in [0.4, 0.5) is 0 Å². The molecule has 2 atom stereocenters. The summed E-state index contributed by atoms with van der Waals surface area (Å²) in [4.78, 5) is 46.2. The minimum absolute atomic E-state index is 0.102. The van der Waals surface area contributed by atoms with Crippen LogP contribution in [-0.2, 0) is 14.4 Å². The number of rotatable bonds is 8. The molecule has 126 valence electrons. The second-order valence-electron chi connectivity index (χ2n) is 5.28. The Bertz CT molecular complexity index is 653. The quantitative estimate of drug-likeness (QED) is 0.617. The van der Waals surface area contributed by atoms with Crippen LogP contribution in [0.25, 0.3) is 0 Å². The van der Waals surface area contributed by atoms with Crippen molar-refractivity contribution < 1.29 is 19.5 Å². The van der Waals surface area contributed by atoms with Crippen molar-refractivity contribution in [3.8, 4) is 0 Å². The van der Waals surface area contributed by atoms with Gasteiger partial charge in [0.05, 0.1) is 0 Å². The number of carboxylic acid groups (broad SMARTS) is 1. The first-order valence-electron chi connectivity index (χ1n) is 7.26. The average Bonchev–Trinajstić information content (AvgIpc) is 2.47. The zero-order valence-corrected chi connectivity index (χ0v) is 13.1. The third-order valence-electron chi connectivity index (χ3n) is 3.41. The number of carbonyl (C=O) groups is 3. The third-order valence-corrected chi connectivity index (χ3v) is 3.41. The Labute approximate surface area is 133 Å². The number of aromatic nitrogens is 1. The van der Waals surface area contributed by atoms with E-state index in [9.17, 15) is 19.2 Å². The van der Waals surface area contributed by atoms with E-state index >= 15 is 0 Å². The Kier molecular flexibility index (Phi) is 6.49. The van der Waals surface area contributed by atoms with E-state index in [2.05, 4.69) is 5.32 Å². The predicted molar refractivity (Wildman–Crippen MR) is 82.8 cm³/mol. The van der Waals surface area contributed by atoms with E-state index in [4.69, 9.17) is 10.8 Å². The molecule has 23 heavy (non-hydrogen) atoms. The molecule has 1 aromatic heterocycles. The second kappa shape index (κ2) is 8.11. The average molecular weight is 323 g/mol. The fourth-order valence-corrected chi connectivity index (χ4v) is 2.18. The maximum Gasteiger partial charge on any atom is 0.326 e. The number of amides is 2. The lowest BCUT2D eigenvalue weighted by molar-refractivity contribution is -0.142. The first-order valence-corrected chi connectivity index (χ1v) is 7.26. The van der Waals surface area contributed by atoms with Gasteiger partial charge in [-0.05, 0) is 25.3 Å². The van der Waals surface area contributed by atoms with E-state index in [0.717, 1.165) is 5.56 Å². The van der Waals surface area contributed by atoms with Crippen LogP contribution in [0.3, 0.4) is 0 Å². The Morgan fingerprint density at radius 2 is 2.00 bits per heavy atom. The Morgan fingerprint density at radius 1 is 1.35 bits per heavy atom. The van der Waals surface area contributed by atoms with E-state index < -0.39 is 29.9 Å². The largest absolute Gasteiger partial charge is 0.480 e. The highest BCUT2D eigenvalue weighted by molar-refractivity contribution is 5.86. The molecule has 4 N–H and O–H groups in total. The number of carbonyl (C=O) groups excluding carboxylic acids is 2. The molecule has 0 aliphatic heterocycles. The summed E-state index contributed by atoms with van der Waals surface area (Å²) in [6, 6.07) is 0.936. The molecule has 0 aromatic carbocycles. The summed E-state index contributed by atoms with van der Waals surface area (Å²) in [5, 5.41) is 11.5. The van der Waals surface area contributed by atoms with Gasteiger partial charge in [0, 0.05) is 18.7 Å². The molecule has 8 heteroatoms. The van der Waals surface area contributed by atoms with Gasteiger partial charge in [-0.2, -0.15) is 0 Å². The van der Waals surface area contributed by atoms with Gasteiger partial charge in [0.2, 0.25) is 11.8 Å². The fourth-order valence-electron chi connectivity index (χ4n) is 2.18. The monoisotopic (exact) mass is 323 g/mol. The van der Waals surface area contributed by atoms with Gasteiger partial charge in [0.15, 0.2) is 0 Å². The predicted octanol–water partition coefficient (Wildman–Crippen LogP) is -0.0573. The van der Waals surface area contributed by atoms with Gasteiger partial charge in [-0.3, -0.25) is 14.4 Å². The highest BCUT2D eigenvalue weighted by Gasteiger charge is 2.26. The molecule has 1 rings (SSSR count). The van der Waals surface area contributed by atoms with E-state index in [1.807, 2.05) is 0 Å². The maximum atomic E-state index is 12.3. The summed E-state index contributed by atoms with van der Waals surface area (Å²) in [6.07, 6.45) is 1.61. The number of nitrogens with one attached hydrogen (secondary N) is 1. The molecule has 2 unspecified atom stereocenters. The number of hydrogen-bond acceptors (Lipinski definition) is 4.